The van der Waals surface area contributed by atoms with Crippen LogP contribution in [0, 0.1) is 0 Å². The van der Waals surface area contributed by atoms with Gasteiger partial charge < -0.3 is 25.3 Å². The number of H-pyrrole nitrogens is 1. The number of aliphatic hydroxyl groups is 1. The lowest BCUT2D eigenvalue weighted by atomic mass is 10.1. The first-order valence-corrected chi connectivity index (χ1v) is 11.5. The van der Waals surface area contributed by atoms with Crippen LogP contribution in [0.5, 0.6) is 5.88 Å². The Morgan fingerprint density at radius 3 is 2.71 bits per heavy atom. The van der Waals surface area contributed by atoms with Gasteiger partial charge in [-0.15, -0.1) is 0 Å². The van der Waals surface area contributed by atoms with E-state index >= 15 is 0 Å². The van der Waals surface area contributed by atoms with Crippen LogP contribution in [0.4, 0.5) is 5.69 Å². The summed E-state index contributed by atoms with van der Waals surface area (Å²) in [6.07, 6.45) is 1.11. The minimum Gasteiger partial charge on any atom is -0.494 e. The maximum Gasteiger partial charge on any atom is 0.337 e. The third-order valence-corrected chi connectivity index (χ3v) is 6.35. The van der Waals surface area contributed by atoms with Crippen molar-refractivity contribution in [1.82, 2.24) is 14.9 Å². The number of pyridine rings is 1. The Kier molecular flexibility index (Phi) is 6.10. The van der Waals surface area contributed by atoms with Gasteiger partial charge >= 0.3 is 5.97 Å². The molecule has 1 aliphatic heterocycles. The van der Waals surface area contributed by atoms with Gasteiger partial charge in [0.05, 0.1) is 42.1 Å². The van der Waals surface area contributed by atoms with Crippen LogP contribution in [0.15, 0.2) is 48.5 Å². The van der Waals surface area contributed by atoms with Crippen molar-refractivity contribution in [3.05, 3.63) is 54.1 Å². The van der Waals surface area contributed by atoms with Gasteiger partial charge in [0.2, 0.25) is 5.91 Å². The minimum absolute atomic E-state index is 0.0389. The molecule has 2 aromatic carbocycles. The van der Waals surface area contributed by atoms with Crippen molar-refractivity contribution in [2.45, 2.75) is 18.9 Å². The number of aromatic hydroxyl groups is 1. The number of aromatic nitrogens is 2. The lowest BCUT2D eigenvalue weighted by Gasteiger charge is -2.28. The smallest absolute Gasteiger partial charge is 0.337 e. The third kappa shape index (κ3) is 4.68. The summed E-state index contributed by atoms with van der Waals surface area (Å²) in [5, 5.41) is 24.7. The number of anilines is 1. The molecular weight excluding hydrogens is 448 g/mol. The zero-order valence-corrected chi connectivity index (χ0v) is 19.2. The number of carbonyl (C=O) groups excluding carboxylic acids is 2. The summed E-state index contributed by atoms with van der Waals surface area (Å²) >= 11 is 0. The Labute approximate surface area is 201 Å². The van der Waals surface area contributed by atoms with E-state index in [0.717, 1.165) is 10.8 Å². The zero-order valence-electron chi connectivity index (χ0n) is 19.2. The van der Waals surface area contributed by atoms with Crippen molar-refractivity contribution >= 4 is 39.4 Å². The molecule has 1 saturated heterocycles. The molecule has 180 valence electrons. The number of methoxy groups -OCH3 is 1. The van der Waals surface area contributed by atoms with Crippen LogP contribution in [-0.4, -0.2) is 69.8 Å². The lowest BCUT2D eigenvalue weighted by molar-refractivity contribution is -0.117. The van der Waals surface area contributed by atoms with E-state index in [1.807, 2.05) is 29.2 Å². The van der Waals surface area contributed by atoms with Crippen molar-refractivity contribution in [2.75, 3.05) is 32.1 Å². The van der Waals surface area contributed by atoms with Crippen molar-refractivity contribution in [1.29, 1.82) is 0 Å². The van der Waals surface area contributed by atoms with E-state index in [4.69, 9.17) is 9.72 Å². The average Bonchev–Trinajstić information content (AvgIpc) is 3.19. The second-order valence-electron chi connectivity index (χ2n) is 8.76. The van der Waals surface area contributed by atoms with Gasteiger partial charge in [-0.05, 0) is 49.2 Å². The molecule has 4 N–H and O–H groups in total. The number of carbonyl (C=O) groups is 2. The number of nitrogens with zero attached hydrogens (tertiary/aromatic N) is 2. The number of ether oxygens (including phenoxy) is 1. The van der Waals surface area contributed by atoms with Gasteiger partial charge in [-0.1, -0.05) is 12.1 Å². The van der Waals surface area contributed by atoms with E-state index in [9.17, 15) is 19.8 Å². The number of amides is 1. The molecular formula is C26H26N4O5. The number of rotatable bonds is 5. The first kappa shape index (κ1) is 22.8. The molecule has 5 rings (SSSR count). The van der Waals surface area contributed by atoms with Crippen LogP contribution in [0.1, 0.15) is 23.2 Å². The van der Waals surface area contributed by atoms with Crippen LogP contribution >= 0.6 is 0 Å². The SMILES string of the molecule is COC(=O)c1ccc2c(-c3ccc4cc(NC(=O)CN5CCC(O)CC5)ccc4n3)c(O)[nH]c2c1. The van der Waals surface area contributed by atoms with Gasteiger partial charge in [0.15, 0.2) is 5.88 Å². The first-order valence-electron chi connectivity index (χ1n) is 11.5. The highest BCUT2D eigenvalue weighted by Crippen LogP contribution is 2.37. The average molecular weight is 475 g/mol. The monoisotopic (exact) mass is 474 g/mol. The predicted octanol–water partition coefficient (Wildman–Crippen LogP) is 3.27. The van der Waals surface area contributed by atoms with E-state index in [0.29, 0.717) is 66.0 Å². The van der Waals surface area contributed by atoms with Crippen LogP contribution in [0.3, 0.4) is 0 Å². The Morgan fingerprint density at radius 2 is 1.94 bits per heavy atom. The number of esters is 1. The fourth-order valence-corrected chi connectivity index (χ4v) is 4.51. The second kappa shape index (κ2) is 9.36. The normalized spacial score (nSPS) is 14.9. The number of likely N-dealkylation sites (tertiary alicyclic amines) is 1. The van der Waals surface area contributed by atoms with E-state index in [2.05, 4.69) is 10.3 Å². The van der Waals surface area contributed by atoms with Gasteiger partial charge in [0.1, 0.15) is 0 Å². The highest BCUT2D eigenvalue weighted by atomic mass is 16.5. The van der Waals surface area contributed by atoms with Gasteiger partial charge in [0, 0.05) is 35.1 Å². The van der Waals surface area contributed by atoms with Crippen LogP contribution in [0.2, 0.25) is 0 Å². The molecule has 0 unspecified atom stereocenters. The van der Waals surface area contributed by atoms with Gasteiger partial charge in [-0.2, -0.15) is 0 Å². The van der Waals surface area contributed by atoms with Crippen molar-refractivity contribution < 1.29 is 24.5 Å². The van der Waals surface area contributed by atoms with Crippen molar-refractivity contribution in [3.63, 3.8) is 0 Å². The number of hydrogen-bond donors (Lipinski definition) is 4. The summed E-state index contributed by atoms with van der Waals surface area (Å²) in [4.78, 5) is 33.9. The molecule has 0 spiro atoms. The summed E-state index contributed by atoms with van der Waals surface area (Å²) in [6, 6.07) is 14.2. The molecule has 1 fully saturated rings. The Bertz CT molecular complexity index is 1420. The zero-order chi connectivity index (χ0) is 24.5. The Morgan fingerprint density at radius 1 is 1.14 bits per heavy atom. The molecule has 0 atom stereocenters. The van der Waals surface area contributed by atoms with Gasteiger partial charge in [-0.3, -0.25) is 9.69 Å². The number of benzene rings is 2. The van der Waals surface area contributed by atoms with E-state index in [-0.39, 0.29) is 17.9 Å². The summed E-state index contributed by atoms with van der Waals surface area (Å²) in [6.45, 7) is 1.72. The second-order valence-corrected chi connectivity index (χ2v) is 8.76. The molecule has 9 nitrogen and oxygen atoms in total. The van der Waals surface area contributed by atoms with Gasteiger partial charge in [-0.25, -0.2) is 9.78 Å². The molecule has 4 aromatic rings. The maximum atomic E-state index is 12.5. The molecule has 3 heterocycles. The molecule has 2 aromatic heterocycles. The number of aliphatic hydroxyl groups excluding tert-OH is 1. The number of nitrogens with one attached hydrogen (secondary N) is 2. The number of hydrogen-bond acceptors (Lipinski definition) is 7. The number of fused-ring (bicyclic) bond motifs is 2. The van der Waals surface area contributed by atoms with Gasteiger partial charge in [0.25, 0.3) is 0 Å². The van der Waals surface area contributed by atoms with Crippen LogP contribution in [-0.2, 0) is 9.53 Å². The summed E-state index contributed by atoms with van der Waals surface area (Å²) in [5.41, 5.74) is 3.50. The third-order valence-electron chi connectivity index (χ3n) is 6.35. The summed E-state index contributed by atoms with van der Waals surface area (Å²) < 4.78 is 4.77. The van der Waals surface area contributed by atoms with E-state index in [1.165, 1.54) is 7.11 Å². The number of piperidine rings is 1. The highest BCUT2D eigenvalue weighted by Gasteiger charge is 2.19. The lowest BCUT2D eigenvalue weighted by Crippen LogP contribution is -2.40. The van der Waals surface area contributed by atoms with Crippen LogP contribution in [0.25, 0.3) is 33.1 Å². The highest BCUT2D eigenvalue weighted by molar-refractivity contribution is 6.03. The largest absolute Gasteiger partial charge is 0.494 e. The maximum absolute atomic E-state index is 12.5. The quantitative estimate of drug-likeness (QED) is 0.327. The molecule has 1 amide bonds. The number of aromatic amines is 1. The van der Waals surface area contributed by atoms with Crippen molar-refractivity contribution in [3.8, 4) is 17.1 Å². The summed E-state index contributed by atoms with van der Waals surface area (Å²) in [7, 11) is 1.32. The minimum atomic E-state index is -0.455. The molecule has 35 heavy (non-hydrogen) atoms. The topological polar surface area (TPSA) is 128 Å². The Balaban J connectivity index is 1.36. The van der Waals surface area contributed by atoms with E-state index < -0.39 is 5.97 Å². The molecule has 0 saturated carbocycles. The van der Waals surface area contributed by atoms with Crippen LogP contribution < -0.4 is 5.32 Å². The van der Waals surface area contributed by atoms with E-state index in [1.54, 1.807) is 24.3 Å². The predicted molar refractivity (Wildman–Crippen MR) is 132 cm³/mol. The standard InChI is InChI=1S/C26H26N4O5/c1-35-26(34)16-2-5-19-22(13-16)29-25(33)24(19)21-6-3-15-12-17(4-7-20(15)28-21)27-23(32)14-30-10-8-18(31)9-11-30/h2-7,12-13,18,29,31,33H,8-11,14H2,1H3,(H,27,32). The fourth-order valence-electron chi connectivity index (χ4n) is 4.51. The summed E-state index contributed by atoms with van der Waals surface area (Å²) in [5.74, 6) is -0.590. The Hall–Kier alpha value is -3.95. The fraction of sp³-hybridized carbons (Fsp3) is 0.269. The first-order chi connectivity index (χ1) is 16.9. The molecule has 0 radical (unpaired) electrons. The van der Waals surface area contributed by atoms with Crippen molar-refractivity contribution in [2.24, 2.45) is 0 Å². The molecule has 0 aliphatic carbocycles. The molecule has 0 bridgehead atoms. The molecule has 1 aliphatic rings. The molecule has 9 heteroatoms.